The third-order valence-electron chi connectivity index (χ3n) is 6.50. The number of aliphatic hydroxyl groups is 3. The molecular weight excluding hydrogens is 509 g/mol. The minimum Gasteiger partial charge on any atom is -0.508 e. The number of nitrogens with zero attached hydrogens (tertiary/aromatic N) is 1. The fourth-order valence-electron chi connectivity index (χ4n) is 4.59. The van der Waals surface area contributed by atoms with Gasteiger partial charge in [0.2, 0.25) is 5.91 Å². The van der Waals surface area contributed by atoms with Crippen LogP contribution >= 0.6 is 12.0 Å². The van der Waals surface area contributed by atoms with Crippen molar-refractivity contribution in [1.82, 2.24) is 0 Å². The number of β-lactam (4-membered cyclic amide) rings is 1. The van der Waals surface area contributed by atoms with Gasteiger partial charge in [-0.25, -0.2) is 4.39 Å². The van der Waals surface area contributed by atoms with Crippen molar-refractivity contribution in [3.63, 3.8) is 0 Å². The number of benzene rings is 2. The predicted octanol–water partition coefficient (Wildman–Crippen LogP) is 4.96. The van der Waals surface area contributed by atoms with Gasteiger partial charge in [0.05, 0.1) is 55.2 Å². The van der Waals surface area contributed by atoms with E-state index in [0.29, 0.717) is 42.9 Å². The lowest BCUT2D eigenvalue weighted by molar-refractivity contribution is -0.124. The van der Waals surface area contributed by atoms with Crippen molar-refractivity contribution in [1.29, 1.82) is 0 Å². The van der Waals surface area contributed by atoms with Crippen LogP contribution < -0.4 is 9.08 Å². The van der Waals surface area contributed by atoms with Crippen LogP contribution in [0, 0.1) is 5.82 Å². The van der Waals surface area contributed by atoms with Gasteiger partial charge in [0, 0.05) is 24.1 Å². The van der Waals surface area contributed by atoms with Gasteiger partial charge in [0.1, 0.15) is 17.3 Å². The van der Waals surface area contributed by atoms with Gasteiger partial charge in [-0.05, 0) is 54.5 Å². The van der Waals surface area contributed by atoms with Crippen LogP contribution in [-0.2, 0) is 16.0 Å². The third kappa shape index (κ3) is 7.05. The quantitative estimate of drug-likeness (QED) is 0.160. The van der Waals surface area contributed by atoms with E-state index in [1.165, 1.54) is 24.2 Å². The molecule has 38 heavy (non-hydrogen) atoms. The van der Waals surface area contributed by atoms with E-state index in [9.17, 15) is 24.5 Å². The predicted molar refractivity (Wildman–Crippen MR) is 146 cm³/mol. The van der Waals surface area contributed by atoms with Gasteiger partial charge in [-0.1, -0.05) is 30.9 Å². The second kappa shape index (κ2) is 13.1. The lowest BCUT2D eigenvalue weighted by atomic mass is 9.91. The standard InChI is InChI=1S/C29H32FNO6S/c1-2-3-4-22(33)11-5-19-6-12-26(27-16-29(35)31(27)21-9-7-20(30)8-10-21)28(13-19)37-38-18-25-15-23(34)14-24(17-32)36-25/h2-4,6-13,23-25,27,32-34H,1,5,14-18H2/b4-3-,22-11+. The normalized spacial score (nSPS) is 23.9. The first-order valence-corrected chi connectivity index (χ1v) is 13.4. The van der Waals surface area contributed by atoms with Crippen molar-refractivity contribution < 1.29 is 33.4 Å². The molecule has 9 heteroatoms. The first-order chi connectivity index (χ1) is 18.4. The van der Waals surface area contributed by atoms with E-state index in [4.69, 9.17) is 8.92 Å². The second-order valence-corrected chi connectivity index (χ2v) is 10.1. The number of halogens is 1. The zero-order valence-corrected chi connectivity index (χ0v) is 21.7. The highest BCUT2D eigenvalue weighted by atomic mass is 32.2. The Morgan fingerprint density at radius 1 is 1.21 bits per heavy atom. The van der Waals surface area contributed by atoms with Gasteiger partial charge in [0.25, 0.3) is 0 Å². The molecule has 2 aliphatic rings. The Morgan fingerprint density at radius 3 is 2.68 bits per heavy atom. The molecule has 2 heterocycles. The van der Waals surface area contributed by atoms with Gasteiger partial charge in [-0.15, -0.1) is 0 Å². The van der Waals surface area contributed by atoms with Gasteiger partial charge in [-0.2, -0.15) is 0 Å². The Hall–Kier alpha value is -3.11. The number of rotatable bonds is 11. The molecule has 4 rings (SSSR count). The number of hydrogen-bond donors (Lipinski definition) is 3. The van der Waals surface area contributed by atoms with E-state index >= 15 is 0 Å². The third-order valence-corrected chi connectivity index (χ3v) is 7.31. The lowest BCUT2D eigenvalue weighted by Crippen LogP contribution is -2.46. The van der Waals surface area contributed by atoms with Crippen LogP contribution in [0.15, 0.2) is 79.1 Å². The largest absolute Gasteiger partial charge is 0.508 e. The average Bonchev–Trinajstić information content (AvgIpc) is 2.90. The zero-order valence-electron chi connectivity index (χ0n) is 20.9. The molecule has 3 N–H and O–H groups in total. The highest BCUT2D eigenvalue weighted by Gasteiger charge is 2.40. The monoisotopic (exact) mass is 541 g/mol. The first kappa shape index (κ1) is 27.9. The SMILES string of the molecule is C=C/C=C\C(O)=C/Cc1ccc(C2CC(=O)N2c2ccc(F)cc2)c(OSCC2CC(O)CC(CO)O2)c1. The smallest absolute Gasteiger partial charge is 0.230 e. The maximum absolute atomic E-state index is 13.5. The minimum atomic E-state index is -0.537. The summed E-state index contributed by atoms with van der Waals surface area (Å²) in [6.45, 7) is 3.44. The van der Waals surface area contributed by atoms with Crippen LogP contribution in [-0.4, -0.2) is 51.9 Å². The van der Waals surface area contributed by atoms with Gasteiger partial charge >= 0.3 is 0 Å². The molecule has 2 aromatic rings. The van der Waals surface area contributed by atoms with E-state index in [-0.39, 0.29) is 36.2 Å². The molecule has 2 saturated heterocycles. The number of ether oxygens (including phenoxy) is 1. The van der Waals surface area contributed by atoms with E-state index < -0.39 is 12.2 Å². The van der Waals surface area contributed by atoms with Crippen molar-refractivity contribution in [3.8, 4) is 5.75 Å². The lowest BCUT2D eigenvalue weighted by Gasteiger charge is -2.41. The molecule has 2 fully saturated rings. The van der Waals surface area contributed by atoms with Crippen LogP contribution in [0.1, 0.15) is 36.4 Å². The molecule has 1 amide bonds. The number of allylic oxidation sites excluding steroid dienone is 4. The highest BCUT2D eigenvalue weighted by molar-refractivity contribution is 7.95. The first-order valence-electron chi connectivity index (χ1n) is 12.5. The van der Waals surface area contributed by atoms with E-state index in [2.05, 4.69) is 6.58 Å². The summed E-state index contributed by atoms with van der Waals surface area (Å²) in [5.41, 5.74) is 2.31. The molecule has 7 nitrogen and oxygen atoms in total. The summed E-state index contributed by atoms with van der Waals surface area (Å²) in [5, 5.41) is 29.5. The van der Waals surface area contributed by atoms with Crippen LogP contribution in [0.2, 0.25) is 0 Å². The molecule has 4 unspecified atom stereocenters. The minimum absolute atomic E-state index is 0.0641. The fraction of sp³-hybridized carbons (Fsp3) is 0.345. The molecule has 4 atom stereocenters. The molecule has 0 aromatic heterocycles. The maximum Gasteiger partial charge on any atom is 0.230 e. The van der Waals surface area contributed by atoms with Crippen molar-refractivity contribution in [2.24, 2.45) is 0 Å². The topological polar surface area (TPSA) is 99.5 Å². The summed E-state index contributed by atoms with van der Waals surface area (Å²) >= 11 is 1.18. The molecule has 0 bridgehead atoms. The summed E-state index contributed by atoms with van der Waals surface area (Å²) < 4.78 is 25.4. The van der Waals surface area contributed by atoms with Crippen molar-refractivity contribution in [2.45, 2.75) is 50.0 Å². The van der Waals surface area contributed by atoms with Gasteiger partial charge < -0.3 is 29.1 Å². The molecule has 0 aliphatic carbocycles. The Morgan fingerprint density at radius 2 is 1.97 bits per heavy atom. The van der Waals surface area contributed by atoms with Crippen molar-refractivity contribution in [3.05, 3.63) is 96.1 Å². The van der Waals surface area contributed by atoms with Crippen LogP contribution in [0.5, 0.6) is 5.75 Å². The number of anilines is 1. The van der Waals surface area contributed by atoms with E-state index in [1.807, 2.05) is 18.2 Å². The van der Waals surface area contributed by atoms with Crippen LogP contribution in [0.3, 0.4) is 0 Å². The molecule has 0 saturated carbocycles. The van der Waals surface area contributed by atoms with Crippen molar-refractivity contribution in [2.75, 3.05) is 17.3 Å². The Bertz CT molecular complexity index is 1180. The molecular formula is C29H32FNO6S. The molecule has 202 valence electrons. The summed E-state index contributed by atoms with van der Waals surface area (Å²) in [7, 11) is 0. The van der Waals surface area contributed by atoms with Crippen LogP contribution in [0.4, 0.5) is 10.1 Å². The zero-order chi connectivity index (χ0) is 27.1. The summed E-state index contributed by atoms with van der Waals surface area (Å²) in [6.07, 6.45) is 6.84. The fourth-order valence-corrected chi connectivity index (χ4v) is 5.29. The number of aliphatic hydroxyl groups excluding tert-OH is 3. The number of amides is 1. The number of hydrogen-bond acceptors (Lipinski definition) is 7. The summed E-state index contributed by atoms with van der Waals surface area (Å²) in [5.74, 6) is 0.688. The number of carbonyl (C=O) groups excluding carboxylic acids is 1. The Balaban J connectivity index is 1.53. The molecule has 2 aromatic carbocycles. The Labute approximate surface area is 226 Å². The van der Waals surface area contributed by atoms with Crippen LogP contribution in [0.25, 0.3) is 0 Å². The summed E-state index contributed by atoms with van der Waals surface area (Å²) in [6, 6.07) is 11.2. The Kier molecular flexibility index (Phi) is 9.63. The highest BCUT2D eigenvalue weighted by Crippen LogP contribution is 2.43. The molecule has 2 aliphatic heterocycles. The van der Waals surface area contributed by atoms with E-state index in [1.54, 1.807) is 41.3 Å². The van der Waals surface area contributed by atoms with Gasteiger partial charge in [0.15, 0.2) is 0 Å². The average molecular weight is 542 g/mol. The maximum atomic E-state index is 13.5. The molecule has 0 spiro atoms. The number of carbonyl (C=O) groups is 1. The second-order valence-electron chi connectivity index (χ2n) is 9.32. The van der Waals surface area contributed by atoms with E-state index in [0.717, 1.165) is 11.1 Å². The van der Waals surface area contributed by atoms with Gasteiger partial charge in [-0.3, -0.25) is 4.79 Å². The summed E-state index contributed by atoms with van der Waals surface area (Å²) in [4.78, 5) is 14.2. The van der Waals surface area contributed by atoms with Crippen molar-refractivity contribution >= 4 is 23.6 Å². The molecule has 0 radical (unpaired) electrons.